The second-order valence-corrected chi connectivity index (χ2v) is 4.38. The summed E-state index contributed by atoms with van der Waals surface area (Å²) in [5, 5.41) is 2.19. The Morgan fingerprint density at radius 1 is 1.26 bits per heavy atom. The summed E-state index contributed by atoms with van der Waals surface area (Å²) in [6, 6.07) is 6.39. The highest BCUT2D eigenvalue weighted by Gasteiger charge is 2.40. The van der Waals surface area contributed by atoms with Crippen LogP contribution in [-0.2, 0) is 9.59 Å². The smallest absolute Gasteiger partial charge is 0.277 e. The standard InChI is InChI=1S/C14H14N2O3/c1-3-8-16-13(18)11(12(17)15-14(16)19)10-6-4-9(2)5-7-10/h3-7,11H,1,8H2,2H3,(H,15,17,19). The first kappa shape index (κ1) is 13.0. The zero-order valence-electron chi connectivity index (χ0n) is 10.6. The number of amides is 4. The summed E-state index contributed by atoms with van der Waals surface area (Å²) >= 11 is 0. The van der Waals surface area contributed by atoms with Gasteiger partial charge < -0.3 is 0 Å². The lowest BCUT2D eigenvalue weighted by Gasteiger charge is -2.29. The fourth-order valence-corrected chi connectivity index (χ4v) is 1.97. The van der Waals surface area contributed by atoms with Gasteiger partial charge in [-0.25, -0.2) is 4.79 Å². The van der Waals surface area contributed by atoms with Crippen molar-refractivity contribution in [1.29, 1.82) is 0 Å². The fourth-order valence-electron chi connectivity index (χ4n) is 1.97. The van der Waals surface area contributed by atoms with Crippen LogP contribution in [0.25, 0.3) is 0 Å². The highest BCUT2D eigenvalue weighted by atomic mass is 16.2. The number of nitrogens with one attached hydrogen (secondary N) is 1. The summed E-state index contributed by atoms with van der Waals surface area (Å²) < 4.78 is 0. The van der Waals surface area contributed by atoms with Crippen LogP contribution in [0.5, 0.6) is 0 Å². The van der Waals surface area contributed by atoms with E-state index in [1.165, 1.54) is 6.08 Å². The minimum atomic E-state index is -0.974. The summed E-state index contributed by atoms with van der Waals surface area (Å²) in [5.74, 6) is -2.07. The molecule has 0 aliphatic carbocycles. The number of barbiturate groups is 1. The molecule has 1 aliphatic heterocycles. The number of urea groups is 1. The van der Waals surface area contributed by atoms with Crippen LogP contribution in [0.15, 0.2) is 36.9 Å². The van der Waals surface area contributed by atoms with E-state index >= 15 is 0 Å². The number of carbonyl (C=O) groups is 3. The lowest BCUT2D eigenvalue weighted by molar-refractivity contribution is -0.138. The molecule has 5 nitrogen and oxygen atoms in total. The fraction of sp³-hybridized carbons (Fsp3) is 0.214. The van der Waals surface area contributed by atoms with Crippen LogP contribution in [-0.4, -0.2) is 29.3 Å². The van der Waals surface area contributed by atoms with E-state index in [2.05, 4.69) is 11.9 Å². The van der Waals surface area contributed by atoms with Gasteiger partial charge in [0, 0.05) is 6.54 Å². The molecule has 1 saturated heterocycles. The largest absolute Gasteiger partial charge is 0.331 e. The van der Waals surface area contributed by atoms with Gasteiger partial charge in [0.2, 0.25) is 11.8 Å². The molecule has 5 heteroatoms. The predicted molar refractivity (Wildman–Crippen MR) is 69.4 cm³/mol. The molecule has 0 aromatic heterocycles. The second kappa shape index (κ2) is 5.06. The molecule has 0 radical (unpaired) electrons. The molecule has 1 aromatic rings. The summed E-state index contributed by atoms with van der Waals surface area (Å²) in [4.78, 5) is 36.6. The van der Waals surface area contributed by atoms with E-state index in [4.69, 9.17) is 0 Å². The maximum absolute atomic E-state index is 12.2. The Kier molecular flexibility index (Phi) is 3.46. The molecule has 1 unspecified atom stereocenters. The van der Waals surface area contributed by atoms with Crippen LogP contribution in [0.1, 0.15) is 17.0 Å². The van der Waals surface area contributed by atoms with Gasteiger partial charge in [-0.15, -0.1) is 6.58 Å². The molecule has 0 spiro atoms. The molecule has 98 valence electrons. The SMILES string of the molecule is C=CCN1C(=O)NC(=O)C(c2ccc(C)cc2)C1=O. The summed E-state index contributed by atoms with van der Waals surface area (Å²) in [6.07, 6.45) is 1.44. The van der Waals surface area contributed by atoms with Crippen LogP contribution >= 0.6 is 0 Å². The number of rotatable bonds is 3. The van der Waals surface area contributed by atoms with E-state index in [0.717, 1.165) is 10.5 Å². The minimum absolute atomic E-state index is 0.0836. The molecular weight excluding hydrogens is 244 g/mol. The summed E-state index contributed by atoms with van der Waals surface area (Å²) in [5.41, 5.74) is 1.61. The van der Waals surface area contributed by atoms with Crippen molar-refractivity contribution in [3.8, 4) is 0 Å². The highest BCUT2D eigenvalue weighted by Crippen LogP contribution is 2.22. The summed E-state index contributed by atoms with van der Waals surface area (Å²) in [7, 11) is 0. The van der Waals surface area contributed by atoms with Crippen molar-refractivity contribution in [2.24, 2.45) is 0 Å². The van der Waals surface area contributed by atoms with Gasteiger partial charge in [0.15, 0.2) is 0 Å². The Morgan fingerprint density at radius 2 is 1.89 bits per heavy atom. The third-order valence-corrected chi connectivity index (χ3v) is 2.97. The summed E-state index contributed by atoms with van der Waals surface area (Å²) in [6.45, 7) is 5.49. The molecule has 1 heterocycles. The van der Waals surface area contributed by atoms with Gasteiger partial charge in [-0.05, 0) is 12.5 Å². The number of aryl methyl sites for hydroxylation is 1. The topological polar surface area (TPSA) is 66.5 Å². The number of hydrogen-bond donors (Lipinski definition) is 1. The third kappa shape index (κ3) is 2.40. The lowest BCUT2D eigenvalue weighted by Crippen LogP contribution is -2.56. The first-order chi connectivity index (χ1) is 9.04. The van der Waals surface area contributed by atoms with Crippen molar-refractivity contribution in [3.05, 3.63) is 48.0 Å². The minimum Gasteiger partial charge on any atom is -0.277 e. The highest BCUT2D eigenvalue weighted by molar-refractivity contribution is 6.19. The zero-order valence-corrected chi connectivity index (χ0v) is 10.6. The maximum atomic E-state index is 12.2. The number of carbonyl (C=O) groups excluding carboxylic acids is 3. The van der Waals surface area contributed by atoms with Crippen LogP contribution in [0, 0.1) is 6.92 Å². The molecule has 1 aromatic carbocycles. The van der Waals surface area contributed by atoms with Crippen LogP contribution in [0.4, 0.5) is 4.79 Å². The maximum Gasteiger partial charge on any atom is 0.331 e. The van der Waals surface area contributed by atoms with Crippen molar-refractivity contribution < 1.29 is 14.4 Å². The Labute approximate surface area is 110 Å². The number of nitrogens with zero attached hydrogens (tertiary/aromatic N) is 1. The first-order valence-electron chi connectivity index (χ1n) is 5.88. The molecule has 2 rings (SSSR count). The van der Waals surface area contributed by atoms with Crippen LogP contribution < -0.4 is 5.32 Å². The molecule has 1 fully saturated rings. The van der Waals surface area contributed by atoms with E-state index in [9.17, 15) is 14.4 Å². The van der Waals surface area contributed by atoms with E-state index < -0.39 is 23.8 Å². The van der Waals surface area contributed by atoms with Gasteiger partial charge in [-0.1, -0.05) is 35.9 Å². The second-order valence-electron chi connectivity index (χ2n) is 4.38. The molecule has 19 heavy (non-hydrogen) atoms. The first-order valence-corrected chi connectivity index (χ1v) is 5.88. The van der Waals surface area contributed by atoms with Crippen molar-refractivity contribution in [2.45, 2.75) is 12.8 Å². The van der Waals surface area contributed by atoms with E-state index in [1.54, 1.807) is 12.1 Å². The van der Waals surface area contributed by atoms with Gasteiger partial charge in [0.25, 0.3) is 0 Å². The third-order valence-electron chi connectivity index (χ3n) is 2.97. The Balaban J connectivity index is 2.35. The molecular formula is C14H14N2O3. The van der Waals surface area contributed by atoms with Gasteiger partial charge in [0.05, 0.1) is 0 Å². The van der Waals surface area contributed by atoms with Crippen molar-refractivity contribution in [3.63, 3.8) is 0 Å². The molecule has 1 aliphatic rings. The van der Waals surface area contributed by atoms with E-state index in [-0.39, 0.29) is 6.54 Å². The van der Waals surface area contributed by atoms with Crippen LogP contribution in [0.3, 0.4) is 0 Å². The van der Waals surface area contributed by atoms with Crippen molar-refractivity contribution >= 4 is 17.8 Å². The molecule has 1 atom stereocenters. The Bertz CT molecular complexity index is 548. The van der Waals surface area contributed by atoms with Gasteiger partial charge >= 0.3 is 6.03 Å². The van der Waals surface area contributed by atoms with Crippen molar-refractivity contribution in [1.82, 2.24) is 10.2 Å². The quantitative estimate of drug-likeness (QED) is 0.657. The zero-order chi connectivity index (χ0) is 14.0. The van der Waals surface area contributed by atoms with Gasteiger partial charge in [-0.2, -0.15) is 0 Å². The molecule has 4 amide bonds. The normalized spacial score (nSPS) is 19.3. The average Bonchev–Trinajstić information content (AvgIpc) is 2.36. The monoisotopic (exact) mass is 258 g/mol. The predicted octanol–water partition coefficient (Wildman–Crippen LogP) is 1.34. The molecule has 1 N–H and O–H groups in total. The van der Waals surface area contributed by atoms with E-state index in [1.807, 2.05) is 19.1 Å². The number of imide groups is 2. The van der Waals surface area contributed by atoms with Gasteiger partial charge in [0.1, 0.15) is 5.92 Å². The van der Waals surface area contributed by atoms with E-state index in [0.29, 0.717) is 5.56 Å². The Morgan fingerprint density at radius 3 is 2.47 bits per heavy atom. The number of hydrogen-bond acceptors (Lipinski definition) is 3. The lowest BCUT2D eigenvalue weighted by atomic mass is 9.94. The van der Waals surface area contributed by atoms with Crippen molar-refractivity contribution in [2.75, 3.05) is 6.54 Å². The van der Waals surface area contributed by atoms with Gasteiger partial charge in [-0.3, -0.25) is 19.8 Å². The number of benzene rings is 1. The molecule has 0 bridgehead atoms. The molecule has 0 saturated carbocycles. The Hall–Kier alpha value is -2.43. The average molecular weight is 258 g/mol. The van der Waals surface area contributed by atoms with Crippen LogP contribution in [0.2, 0.25) is 0 Å².